The first kappa shape index (κ1) is 11.5. The molecule has 0 bridgehead atoms. The van der Waals surface area contributed by atoms with Crippen LogP contribution in [0.25, 0.3) is 0 Å². The smallest absolute Gasteiger partial charge is 0.0807 e. The largest absolute Gasteiger partial charge is 0.388 e. The molecular weight excluding hydrogens is 222 g/mol. The molecule has 1 heterocycles. The minimum Gasteiger partial charge on any atom is -0.388 e. The second-order valence-corrected chi connectivity index (χ2v) is 5.25. The van der Waals surface area contributed by atoms with Gasteiger partial charge in [-0.05, 0) is 42.9 Å². The molecule has 1 aliphatic carbocycles. The fraction of sp³-hybridized carbons (Fsp3) is 0.375. The van der Waals surface area contributed by atoms with Crippen LogP contribution in [0.4, 0.5) is 0 Å². The van der Waals surface area contributed by atoms with Gasteiger partial charge in [0.05, 0.1) is 6.10 Å². The van der Waals surface area contributed by atoms with E-state index >= 15 is 0 Å². The molecular formula is C16H19NO. The third kappa shape index (κ3) is 2.08. The van der Waals surface area contributed by atoms with Crippen LogP contribution in [0, 0.1) is 6.92 Å². The summed E-state index contributed by atoms with van der Waals surface area (Å²) in [6.07, 6.45) is 7.17. The van der Waals surface area contributed by atoms with E-state index in [2.05, 4.69) is 48.1 Å². The fourth-order valence-corrected chi connectivity index (χ4v) is 2.80. The third-order valence-corrected chi connectivity index (χ3v) is 3.89. The SMILES string of the molecule is Cc1ccccc1Cn1cc2c(c1)C(O)CCC2. The lowest BCUT2D eigenvalue weighted by molar-refractivity contribution is 0.157. The highest BCUT2D eigenvalue weighted by molar-refractivity contribution is 5.31. The van der Waals surface area contributed by atoms with Crippen molar-refractivity contribution < 1.29 is 5.11 Å². The van der Waals surface area contributed by atoms with Gasteiger partial charge in [0.25, 0.3) is 0 Å². The minimum absolute atomic E-state index is 0.258. The quantitative estimate of drug-likeness (QED) is 0.858. The maximum Gasteiger partial charge on any atom is 0.0807 e. The Bertz CT molecular complexity index is 556. The van der Waals surface area contributed by atoms with E-state index in [1.54, 1.807) is 0 Å². The highest BCUT2D eigenvalue weighted by atomic mass is 16.3. The van der Waals surface area contributed by atoms with Crippen molar-refractivity contribution in [2.24, 2.45) is 0 Å². The zero-order valence-electron chi connectivity index (χ0n) is 10.8. The van der Waals surface area contributed by atoms with Crippen LogP contribution in [0.5, 0.6) is 0 Å². The molecule has 18 heavy (non-hydrogen) atoms. The molecule has 1 N–H and O–H groups in total. The van der Waals surface area contributed by atoms with Crippen LogP contribution in [-0.2, 0) is 13.0 Å². The van der Waals surface area contributed by atoms with Gasteiger partial charge in [-0.3, -0.25) is 0 Å². The van der Waals surface area contributed by atoms with Crippen molar-refractivity contribution in [2.75, 3.05) is 0 Å². The number of rotatable bonds is 2. The van der Waals surface area contributed by atoms with E-state index < -0.39 is 0 Å². The Balaban J connectivity index is 1.88. The van der Waals surface area contributed by atoms with E-state index in [4.69, 9.17) is 0 Å². The number of aromatic nitrogens is 1. The van der Waals surface area contributed by atoms with Gasteiger partial charge in [-0.25, -0.2) is 0 Å². The van der Waals surface area contributed by atoms with E-state index in [1.165, 1.54) is 16.7 Å². The lowest BCUT2D eigenvalue weighted by Crippen LogP contribution is -2.05. The molecule has 3 rings (SSSR count). The van der Waals surface area contributed by atoms with Crippen molar-refractivity contribution >= 4 is 0 Å². The van der Waals surface area contributed by atoms with Gasteiger partial charge in [-0.1, -0.05) is 24.3 Å². The Kier molecular flexibility index (Phi) is 2.96. The minimum atomic E-state index is -0.258. The van der Waals surface area contributed by atoms with Crippen molar-refractivity contribution in [3.8, 4) is 0 Å². The second-order valence-electron chi connectivity index (χ2n) is 5.25. The highest BCUT2D eigenvalue weighted by Crippen LogP contribution is 2.30. The predicted octanol–water partition coefficient (Wildman–Crippen LogP) is 3.21. The van der Waals surface area contributed by atoms with Crippen LogP contribution >= 0.6 is 0 Å². The molecule has 0 spiro atoms. The van der Waals surface area contributed by atoms with E-state index in [9.17, 15) is 5.11 Å². The van der Waals surface area contributed by atoms with Crippen molar-refractivity contribution in [1.29, 1.82) is 0 Å². The van der Waals surface area contributed by atoms with Crippen LogP contribution in [0.1, 0.15) is 41.2 Å². The van der Waals surface area contributed by atoms with Gasteiger partial charge in [0.2, 0.25) is 0 Å². The van der Waals surface area contributed by atoms with Crippen molar-refractivity contribution in [3.63, 3.8) is 0 Å². The Labute approximate surface area is 108 Å². The van der Waals surface area contributed by atoms with Crippen molar-refractivity contribution in [1.82, 2.24) is 4.57 Å². The van der Waals surface area contributed by atoms with Gasteiger partial charge in [0.1, 0.15) is 0 Å². The molecule has 1 aliphatic rings. The van der Waals surface area contributed by atoms with E-state index in [0.29, 0.717) is 0 Å². The predicted molar refractivity (Wildman–Crippen MR) is 72.6 cm³/mol. The summed E-state index contributed by atoms with van der Waals surface area (Å²) in [5.41, 5.74) is 5.13. The molecule has 0 saturated heterocycles. The fourth-order valence-electron chi connectivity index (χ4n) is 2.80. The summed E-state index contributed by atoms with van der Waals surface area (Å²) in [7, 11) is 0. The molecule has 0 fully saturated rings. The number of fused-ring (bicyclic) bond motifs is 1. The van der Waals surface area contributed by atoms with Crippen LogP contribution in [-0.4, -0.2) is 9.67 Å². The summed E-state index contributed by atoms with van der Waals surface area (Å²) in [6, 6.07) is 8.47. The van der Waals surface area contributed by atoms with Crippen LogP contribution < -0.4 is 0 Å². The second kappa shape index (κ2) is 4.62. The van der Waals surface area contributed by atoms with Gasteiger partial charge in [0, 0.05) is 24.5 Å². The number of benzene rings is 1. The zero-order valence-corrected chi connectivity index (χ0v) is 10.8. The molecule has 0 aliphatic heterocycles. The standard InChI is InChI=1S/C16H19NO/c1-12-5-2-3-6-13(12)9-17-10-14-7-4-8-16(18)15(14)11-17/h2-3,5-6,10-11,16,18H,4,7-9H2,1H3. The summed E-state index contributed by atoms with van der Waals surface area (Å²) < 4.78 is 2.21. The zero-order chi connectivity index (χ0) is 12.5. The topological polar surface area (TPSA) is 25.2 Å². The first-order valence-electron chi connectivity index (χ1n) is 6.65. The molecule has 1 aromatic carbocycles. The molecule has 1 aromatic heterocycles. The number of aryl methyl sites for hydroxylation is 2. The van der Waals surface area contributed by atoms with Crippen LogP contribution in [0.15, 0.2) is 36.7 Å². The summed E-state index contributed by atoms with van der Waals surface area (Å²) in [6.45, 7) is 3.04. The maximum atomic E-state index is 9.98. The van der Waals surface area contributed by atoms with Crippen LogP contribution in [0.3, 0.4) is 0 Å². The van der Waals surface area contributed by atoms with Crippen LogP contribution in [0.2, 0.25) is 0 Å². The molecule has 0 radical (unpaired) electrons. The number of aliphatic hydroxyl groups excluding tert-OH is 1. The summed E-state index contributed by atoms with van der Waals surface area (Å²) in [5.74, 6) is 0. The lowest BCUT2D eigenvalue weighted by Gasteiger charge is -2.16. The Morgan fingerprint density at radius 3 is 2.89 bits per heavy atom. The van der Waals surface area contributed by atoms with E-state index in [1.807, 2.05) is 0 Å². The van der Waals surface area contributed by atoms with Gasteiger partial charge in [-0.2, -0.15) is 0 Å². The molecule has 0 amide bonds. The van der Waals surface area contributed by atoms with Crippen molar-refractivity contribution in [3.05, 3.63) is 58.9 Å². The Hall–Kier alpha value is -1.54. The van der Waals surface area contributed by atoms with Crippen molar-refractivity contribution in [2.45, 2.75) is 38.8 Å². The Morgan fingerprint density at radius 1 is 1.28 bits per heavy atom. The van der Waals surface area contributed by atoms with Gasteiger partial charge in [0.15, 0.2) is 0 Å². The highest BCUT2D eigenvalue weighted by Gasteiger charge is 2.19. The Morgan fingerprint density at radius 2 is 2.11 bits per heavy atom. The molecule has 2 nitrogen and oxygen atoms in total. The first-order chi connectivity index (χ1) is 8.74. The lowest BCUT2D eigenvalue weighted by atomic mass is 9.93. The van der Waals surface area contributed by atoms with Gasteiger partial charge < -0.3 is 9.67 Å². The number of hydrogen-bond donors (Lipinski definition) is 1. The molecule has 94 valence electrons. The molecule has 2 heteroatoms. The number of hydrogen-bond acceptors (Lipinski definition) is 1. The number of nitrogens with zero attached hydrogens (tertiary/aromatic N) is 1. The average molecular weight is 241 g/mol. The molecule has 0 saturated carbocycles. The molecule has 2 aromatic rings. The normalized spacial score (nSPS) is 18.7. The summed E-state index contributed by atoms with van der Waals surface area (Å²) in [5, 5.41) is 9.98. The third-order valence-electron chi connectivity index (χ3n) is 3.89. The van der Waals surface area contributed by atoms with Gasteiger partial charge in [-0.15, -0.1) is 0 Å². The van der Waals surface area contributed by atoms with E-state index in [-0.39, 0.29) is 6.10 Å². The molecule has 1 unspecified atom stereocenters. The average Bonchev–Trinajstić information content (AvgIpc) is 2.76. The first-order valence-corrected chi connectivity index (χ1v) is 6.65. The monoisotopic (exact) mass is 241 g/mol. The van der Waals surface area contributed by atoms with E-state index in [0.717, 1.165) is 31.4 Å². The summed E-state index contributed by atoms with van der Waals surface area (Å²) in [4.78, 5) is 0. The van der Waals surface area contributed by atoms with Gasteiger partial charge >= 0.3 is 0 Å². The maximum absolute atomic E-state index is 9.98. The molecule has 1 atom stereocenters. The number of aliphatic hydroxyl groups is 1. The summed E-state index contributed by atoms with van der Waals surface area (Å²) >= 11 is 0.